The van der Waals surface area contributed by atoms with Gasteiger partial charge < -0.3 is 40.4 Å². The molecule has 0 atom stereocenters. The van der Waals surface area contributed by atoms with Crippen LogP contribution in [-0.2, 0) is 23.6 Å². The number of hydrogen-bond donors (Lipinski definition) is 4. The maximum Gasteiger partial charge on any atom is 1.00 e. The van der Waals surface area contributed by atoms with Gasteiger partial charge in [0.1, 0.15) is 24.4 Å². The Morgan fingerprint density at radius 3 is 2.17 bits per heavy atom. The first-order valence-corrected chi connectivity index (χ1v) is 20.8. The van der Waals surface area contributed by atoms with E-state index in [-0.39, 0.29) is 22.6 Å². The van der Waals surface area contributed by atoms with E-state index < -0.39 is 5.97 Å². The number of rotatable bonds is 22. The normalized spacial score (nSPS) is 11.0. The molecule has 0 fully saturated rings. The first-order valence-electron chi connectivity index (χ1n) is 20.4. The van der Waals surface area contributed by atoms with Gasteiger partial charge in [0.2, 0.25) is 5.36 Å². The van der Waals surface area contributed by atoms with E-state index in [4.69, 9.17) is 16.6 Å². The average Bonchev–Trinajstić information content (AvgIpc) is 3.22. The number of carboxylic acids is 1. The van der Waals surface area contributed by atoms with Crippen LogP contribution < -0.4 is 30.8 Å². The van der Waals surface area contributed by atoms with E-state index in [1.807, 2.05) is 36.4 Å². The summed E-state index contributed by atoms with van der Waals surface area (Å²) in [5, 5.41) is 22.8. The second kappa shape index (κ2) is 23.6. The molecule has 13 heteroatoms. The van der Waals surface area contributed by atoms with Gasteiger partial charge in [-0.2, -0.15) is 0 Å². The Labute approximate surface area is 365 Å². The maximum absolute atomic E-state index is 13.0. The van der Waals surface area contributed by atoms with E-state index in [0.717, 1.165) is 118 Å². The molecule has 0 amide bonds. The molecule has 0 saturated carbocycles. The number of aliphatic imine (C=N–C) groups is 2. The molecule has 3 aromatic carbocycles. The average molecular weight is 868 g/mol. The molecule has 316 valence electrons. The van der Waals surface area contributed by atoms with E-state index >= 15 is 0 Å². The monoisotopic (exact) mass is 866 g/mol. The number of thiocarbonyl (C=S) groups is 1. The zero-order chi connectivity index (χ0) is 41.4. The van der Waals surface area contributed by atoms with Gasteiger partial charge in [-0.25, -0.2) is 9.37 Å². The summed E-state index contributed by atoms with van der Waals surface area (Å²) in [6.07, 6.45) is 1.94. The summed E-state index contributed by atoms with van der Waals surface area (Å²) in [7, 11) is 0. The van der Waals surface area contributed by atoms with Crippen molar-refractivity contribution in [2.75, 3.05) is 81.0 Å². The van der Waals surface area contributed by atoms with Gasteiger partial charge in [0.05, 0.1) is 11.6 Å². The van der Waals surface area contributed by atoms with Crippen molar-refractivity contribution in [2.45, 2.75) is 47.1 Å². The summed E-state index contributed by atoms with van der Waals surface area (Å²) in [6.45, 7) is 25.1. The van der Waals surface area contributed by atoms with Crippen LogP contribution in [0.25, 0.3) is 33.4 Å². The van der Waals surface area contributed by atoms with Gasteiger partial charge in [-0.1, -0.05) is 18.2 Å². The van der Waals surface area contributed by atoms with Gasteiger partial charge in [-0.05, 0) is 126 Å². The molecule has 5 rings (SSSR count). The summed E-state index contributed by atoms with van der Waals surface area (Å²) in [5.41, 5.74) is 6.74. The van der Waals surface area contributed by atoms with Crippen molar-refractivity contribution in [2.24, 2.45) is 9.98 Å². The van der Waals surface area contributed by atoms with Crippen molar-refractivity contribution >= 4 is 64.8 Å². The quantitative estimate of drug-likeness (QED) is 0.0137. The summed E-state index contributed by atoms with van der Waals surface area (Å²) in [5.74, 6) is -0.341. The van der Waals surface area contributed by atoms with Crippen LogP contribution >= 0.6 is 12.2 Å². The van der Waals surface area contributed by atoms with E-state index in [2.05, 4.69) is 118 Å². The number of aromatic carboxylic acids is 1. The van der Waals surface area contributed by atoms with Crippen molar-refractivity contribution < 1.29 is 31.4 Å². The van der Waals surface area contributed by atoms with Crippen LogP contribution in [0.4, 0.5) is 17.1 Å². The number of fused-ring (bicyclic) bond motifs is 2. The fraction of sp³-hybridized carbons (Fsp3) is 0.370. The first kappa shape index (κ1) is 46.8. The molecule has 0 radical (unpaired) electrons. The molecule has 0 spiro atoms. The third-order valence-corrected chi connectivity index (χ3v) is 10.6. The van der Waals surface area contributed by atoms with Crippen LogP contribution in [-0.4, -0.2) is 100.0 Å². The Bertz CT molecular complexity index is 2210. The molecular weight excluding hydrogens is 808 g/mol. The van der Waals surface area contributed by atoms with Gasteiger partial charge in [0.15, 0.2) is 5.11 Å². The Balaban J connectivity index is 0.00000769. The molecule has 4 N–H and O–H groups in total. The SMILES string of the molecule is C=NCCCNCCN(CCCN=C)Cc1ccc(NC(=S)Nc2ccc(-c3c4ccc(=[N+](CC)CC)cc-4oc4cc(N(CC)CC)ccc34)c(C(=O)O)c2)cc1.[Cu+]. The fourth-order valence-electron chi connectivity index (χ4n) is 7.34. The number of carboxylic acid groups (broad SMARTS) is 1. The Morgan fingerprint density at radius 2 is 1.49 bits per heavy atom. The van der Waals surface area contributed by atoms with E-state index in [1.54, 1.807) is 6.07 Å². The first-order chi connectivity index (χ1) is 28.2. The zero-order valence-electron chi connectivity index (χ0n) is 34.8. The standard InChI is InChI=1S/C46H58N8O3S.Cu/c1-7-53(8-2)36-18-21-39-42(30-36)57-43-31-37(54(9-3)10-4)19-22-40(43)44(39)38-20-17-35(29-41(38)45(55)56)51-46(58)50-34-15-13-33(14-16-34)32-52(27-12-24-48-6)28-26-49-25-11-23-47-5;/h13-22,29-31,49H,5-12,23-28,32H2,1-4H3,(H2,50,55,56,58);/q;+1/p+1. The predicted octanol–water partition coefficient (Wildman–Crippen LogP) is 7.94. The summed E-state index contributed by atoms with van der Waals surface area (Å²) in [4.78, 5) is 25.6. The van der Waals surface area contributed by atoms with Crippen LogP contribution in [0.2, 0.25) is 0 Å². The second-order valence-electron chi connectivity index (χ2n) is 14.2. The minimum Gasteiger partial charge on any atom is -0.478 e. The number of nitrogens with one attached hydrogen (secondary N) is 3. The Kier molecular flexibility index (Phi) is 18.7. The van der Waals surface area contributed by atoms with Crippen molar-refractivity contribution in [3.05, 3.63) is 95.3 Å². The summed E-state index contributed by atoms with van der Waals surface area (Å²) in [6, 6.07) is 26.0. The maximum atomic E-state index is 13.0. The van der Waals surface area contributed by atoms with Gasteiger partial charge in [-0.15, -0.1) is 0 Å². The Hall–Kier alpha value is -4.91. The van der Waals surface area contributed by atoms with E-state index in [0.29, 0.717) is 27.7 Å². The van der Waals surface area contributed by atoms with Gasteiger partial charge in [0, 0.05) is 98.1 Å². The second-order valence-corrected chi connectivity index (χ2v) is 14.6. The molecule has 1 aliphatic carbocycles. The van der Waals surface area contributed by atoms with Gasteiger partial charge in [0.25, 0.3) is 0 Å². The molecule has 0 unspecified atom stereocenters. The van der Waals surface area contributed by atoms with Crippen molar-refractivity contribution in [3.63, 3.8) is 0 Å². The minimum absolute atomic E-state index is 0. The molecule has 0 saturated heterocycles. The number of hydrogen-bond acceptors (Lipinski definition) is 8. The Morgan fingerprint density at radius 1 is 0.814 bits per heavy atom. The molecule has 1 heterocycles. The molecule has 3 aromatic rings. The fourth-order valence-corrected chi connectivity index (χ4v) is 7.58. The third-order valence-electron chi connectivity index (χ3n) is 10.4. The molecular formula is C46H59CuN8O3S+2. The van der Waals surface area contributed by atoms with Crippen LogP contribution in [0.5, 0.6) is 0 Å². The largest absolute Gasteiger partial charge is 1.00 e. The van der Waals surface area contributed by atoms with Crippen molar-refractivity contribution in [3.8, 4) is 22.5 Å². The predicted molar refractivity (Wildman–Crippen MR) is 248 cm³/mol. The van der Waals surface area contributed by atoms with E-state index in [9.17, 15) is 9.90 Å². The molecule has 0 aromatic heterocycles. The van der Waals surface area contributed by atoms with Crippen molar-refractivity contribution in [1.29, 1.82) is 0 Å². The molecule has 59 heavy (non-hydrogen) atoms. The van der Waals surface area contributed by atoms with E-state index in [1.165, 1.54) is 5.56 Å². The van der Waals surface area contributed by atoms with Gasteiger partial charge >= 0.3 is 23.0 Å². The van der Waals surface area contributed by atoms with Gasteiger partial charge in [-0.3, -0.25) is 4.90 Å². The molecule has 11 nitrogen and oxygen atoms in total. The summed E-state index contributed by atoms with van der Waals surface area (Å²) < 4.78 is 8.89. The third kappa shape index (κ3) is 12.5. The smallest absolute Gasteiger partial charge is 0.478 e. The minimum atomic E-state index is -1.04. The number of carbonyl (C=O) groups is 1. The number of nitrogens with zero attached hydrogens (tertiary/aromatic N) is 5. The summed E-state index contributed by atoms with van der Waals surface area (Å²) >= 11 is 5.71. The van der Waals surface area contributed by atoms with Crippen LogP contribution in [0.1, 0.15) is 56.5 Å². The molecule has 1 aliphatic heterocycles. The number of anilines is 3. The topological polar surface area (TPSA) is 121 Å². The van der Waals surface area contributed by atoms with Crippen molar-refractivity contribution in [1.82, 2.24) is 14.8 Å². The molecule has 0 bridgehead atoms. The molecule has 2 aliphatic rings. The van der Waals surface area contributed by atoms with Crippen LogP contribution in [0.3, 0.4) is 0 Å². The number of benzene rings is 4. The zero-order valence-corrected chi connectivity index (χ0v) is 36.6. The van der Waals surface area contributed by atoms with Crippen LogP contribution in [0, 0.1) is 0 Å². The van der Waals surface area contributed by atoms with Crippen LogP contribution in [0.15, 0.2) is 93.3 Å².